The molecule has 0 aliphatic heterocycles. The first-order valence-electron chi connectivity index (χ1n) is 8.53. The van der Waals surface area contributed by atoms with Crippen LogP contribution in [0.15, 0.2) is 30.3 Å². The summed E-state index contributed by atoms with van der Waals surface area (Å²) in [6, 6.07) is 7.22. The molecule has 0 radical (unpaired) electrons. The van der Waals surface area contributed by atoms with Crippen LogP contribution < -0.4 is 10.1 Å². The van der Waals surface area contributed by atoms with Gasteiger partial charge in [0.1, 0.15) is 5.75 Å². The zero-order valence-electron chi connectivity index (χ0n) is 15.6. The summed E-state index contributed by atoms with van der Waals surface area (Å²) in [5, 5.41) is 2.05. The van der Waals surface area contributed by atoms with Crippen molar-refractivity contribution >= 4 is 17.6 Å². The summed E-state index contributed by atoms with van der Waals surface area (Å²) in [5.74, 6) is -5.54. The third-order valence-corrected chi connectivity index (χ3v) is 3.88. The van der Waals surface area contributed by atoms with Crippen molar-refractivity contribution in [3.63, 3.8) is 0 Å². The van der Waals surface area contributed by atoms with Crippen LogP contribution in [0.4, 0.5) is 18.9 Å². The number of rotatable bonds is 7. The Labute approximate surface area is 160 Å². The number of benzene rings is 2. The van der Waals surface area contributed by atoms with Crippen molar-refractivity contribution in [3.05, 3.63) is 58.9 Å². The number of aryl methyl sites for hydroxylation is 2. The minimum Gasteiger partial charge on any atom is -0.493 e. The van der Waals surface area contributed by atoms with Gasteiger partial charge in [-0.05, 0) is 50.1 Å². The molecule has 0 spiro atoms. The predicted octanol–water partition coefficient (Wildman–Crippen LogP) is 4.06. The van der Waals surface area contributed by atoms with Crippen LogP contribution in [0.5, 0.6) is 5.75 Å². The molecule has 1 atom stereocenters. The molecule has 2 aromatic rings. The van der Waals surface area contributed by atoms with Crippen molar-refractivity contribution in [2.75, 3.05) is 11.9 Å². The van der Waals surface area contributed by atoms with E-state index in [2.05, 4.69) is 0 Å². The first kappa shape index (κ1) is 21.3. The Hall–Kier alpha value is -3.03. The quantitative estimate of drug-likeness (QED) is 0.567. The second-order valence-electron chi connectivity index (χ2n) is 6.21. The lowest BCUT2D eigenvalue weighted by Crippen LogP contribution is -2.30. The average molecular weight is 395 g/mol. The molecular formula is C20H20F3NO4. The van der Waals surface area contributed by atoms with Gasteiger partial charge in [0, 0.05) is 0 Å². The molecule has 0 aliphatic rings. The molecule has 2 rings (SSSR count). The molecule has 0 unspecified atom stereocenters. The minimum atomic E-state index is -1.70. The number of halogens is 3. The van der Waals surface area contributed by atoms with Crippen molar-refractivity contribution < 1.29 is 32.2 Å². The Balaban J connectivity index is 1.84. The van der Waals surface area contributed by atoms with Gasteiger partial charge in [0.2, 0.25) is 0 Å². The summed E-state index contributed by atoms with van der Waals surface area (Å²) in [6.07, 6.45) is -1.37. The molecule has 8 heteroatoms. The van der Waals surface area contributed by atoms with Gasteiger partial charge in [-0.1, -0.05) is 12.1 Å². The average Bonchev–Trinajstić information content (AvgIpc) is 2.64. The highest BCUT2D eigenvalue weighted by atomic mass is 19.2. The van der Waals surface area contributed by atoms with Crippen molar-refractivity contribution in [2.45, 2.75) is 33.3 Å². The van der Waals surface area contributed by atoms with Gasteiger partial charge < -0.3 is 14.8 Å². The van der Waals surface area contributed by atoms with Crippen LogP contribution in [0.2, 0.25) is 0 Å². The number of amides is 1. The van der Waals surface area contributed by atoms with Crippen LogP contribution in [-0.4, -0.2) is 24.6 Å². The zero-order valence-corrected chi connectivity index (χ0v) is 15.6. The fourth-order valence-corrected chi connectivity index (χ4v) is 2.27. The van der Waals surface area contributed by atoms with E-state index >= 15 is 0 Å². The lowest BCUT2D eigenvalue weighted by molar-refractivity contribution is -0.153. The van der Waals surface area contributed by atoms with E-state index in [0.717, 1.165) is 17.2 Å². The van der Waals surface area contributed by atoms with Crippen LogP contribution in [0.1, 0.15) is 24.5 Å². The van der Waals surface area contributed by atoms with E-state index in [0.29, 0.717) is 11.8 Å². The molecule has 0 saturated heterocycles. The molecule has 0 saturated carbocycles. The number of hydrogen-bond acceptors (Lipinski definition) is 4. The van der Waals surface area contributed by atoms with Crippen molar-refractivity contribution in [2.24, 2.45) is 0 Å². The molecule has 1 N–H and O–H groups in total. The lowest BCUT2D eigenvalue weighted by atomic mass is 10.1. The molecule has 0 aromatic heterocycles. The molecule has 0 fully saturated rings. The third kappa shape index (κ3) is 5.48. The molecule has 0 heterocycles. The largest absolute Gasteiger partial charge is 0.493 e. The van der Waals surface area contributed by atoms with E-state index in [1.807, 2.05) is 37.4 Å². The Morgan fingerprint density at radius 1 is 1.07 bits per heavy atom. The maximum absolute atomic E-state index is 13.6. The maximum Gasteiger partial charge on any atom is 0.310 e. The highest BCUT2D eigenvalue weighted by Crippen LogP contribution is 2.20. The normalized spacial score (nSPS) is 11.6. The second-order valence-corrected chi connectivity index (χ2v) is 6.21. The first-order valence-corrected chi connectivity index (χ1v) is 8.53. The van der Waals surface area contributed by atoms with Crippen LogP contribution >= 0.6 is 0 Å². The number of carbonyl (C=O) groups is 2. The van der Waals surface area contributed by atoms with Crippen LogP contribution in [0, 0.1) is 31.3 Å². The monoisotopic (exact) mass is 395 g/mol. The summed E-state index contributed by atoms with van der Waals surface area (Å²) in [4.78, 5) is 23.8. The van der Waals surface area contributed by atoms with Gasteiger partial charge >= 0.3 is 5.97 Å². The van der Waals surface area contributed by atoms with Crippen molar-refractivity contribution in [1.82, 2.24) is 0 Å². The van der Waals surface area contributed by atoms with E-state index < -0.39 is 41.1 Å². The van der Waals surface area contributed by atoms with Gasteiger partial charge in [-0.25, -0.2) is 13.2 Å². The van der Waals surface area contributed by atoms with Crippen LogP contribution in [0.3, 0.4) is 0 Å². The number of anilines is 1. The van der Waals surface area contributed by atoms with Gasteiger partial charge in [-0.15, -0.1) is 0 Å². The van der Waals surface area contributed by atoms with Gasteiger partial charge in [-0.3, -0.25) is 9.59 Å². The summed E-state index contributed by atoms with van der Waals surface area (Å²) >= 11 is 0. The predicted molar refractivity (Wildman–Crippen MR) is 96.5 cm³/mol. The molecule has 0 aliphatic carbocycles. The molecule has 0 bridgehead atoms. The highest BCUT2D eigenvalue weighted by molar-refractivity contribution is 5.95. The topological polar surface area (TPSA) is 64.6 Å². The maximum atomic E-state index is 13.6. The Morgan fingerprint density at radius 2 is 1.79 bits per heavy atom. The lowest BCUT2D eigenvalue weighted by Gasteiger charge is -2.15. The van der Waals surface area contributed by atoms with Gasteiger partial charge in [0.15, 0.2) is 23.6 Å². The van der Waals surface area contributed by atoms with E-state index in [1.54, 1.807) is 0 Å². The SMILES string of the molecule is Cc1ccc(C)c(OCCC(=O)O[C@@H](C)C(=O)Nc2ccc(F)c(F)c2F)c1. The second kappa shape index (κ2) is 9.25. The highest BCUT2D eigenvalue weighted by Gasteiger charge is 2.21. The summed E-state index contributed by atoms with van der Waals surface area (Å²) in [5.41, 5.74) is 1.38. The van der Waals surface area contributed by atoms with Gasteiger partial charge in [0.05, 0.1) is 18.7 Å². The van der Waals surface area contributed by atoms with E-state index in [-0.39, 0.29) is 13.0 Å². The molecule has 28 heavy (non-hydrogen) atoms. The molecule has 2 aromatic carbocycles. The number of carbonyl (C=O) groups excluding carboxylic acids is 2. The Morgan fingerprint density at radius 3 is 2.50 bits per heavy atom. The third-order valence-electron chi connectivity index (χ3n) is 3.88. The summed E-state index contributed by atoms with van der Waals surface area (Å²) in [7, 11) is 0. The van der Waals surface area contributed by atoms with Crippen LogP contribution in [-0.2, 0) is 14.3 Å². The van der Waals surface area contributed by atoms with E-state index in [1.165, 1.54) is 6.92 Å². The molecule has 1 amide bonds. The Kier molecular flexibility index (Phi) is 7.03. The summed E-state index contributed by atoms with van der Waals surface area (Å²) in [6.45, 7) is 5.11. The zero-order chi connectivity index (χ0) is 20.8. The minimum absolute atomic E-state index is 0.0509. The summed E-state index contributed by atoms with van der Waals surface area (Å²) < 4.78 is 50.2. The number of ether oxygens (including phenoxy) is 2. The molecule has 150 valence electrons. The first-order chi connectivity index (χ1) is 13.2. The fourth-order valence-electron chi connectivity index (χ4n) is 2.27. The van der Waals surface area contributed by atoms with Gasteiger partial charge in [-0.2, -0.15) is 0 Å². The van der Waals surface area contributed by atoms with E-state index in [4.69, 9.17) is 9.47 Å². The van der Waals surface area contributed by atoms with Crippen molar-refractivity contribution in [3.8, 4) is 5.75 Å². The number of hydrogen-bond donors (Lipinski definition) is 1. The molecular weight excluding hydrogens is 375 g/mol. The van der Waals surface area contributed by atoms with Crippen molar-refractivity contribution in [1.29, 1.82) is 0 Å². The number of esters is 1. The Bertz CT molecular complexity index is 886. The standard InChI is InChI=1S/C20H20F3NO4/c1-11-4-5-12(2)16(10-11)27-9-8-17(25)28-13(3)20(26)24-15-7-6-14(21)18(22)19(15)23/h4-7,10,13H,8-9H2,1-3H3,(H,24,26)/t13-/m0/s1. The fraction of sp³-hybridized carbons (Fsp3) is 0.300. The van der Waals surface area contributed by atoms with Crippen LogP contribution in [0.25, 0.3) is 0 Å². The van der Waals surface area contributed by atoms with Gasteiger partial charge in [0.25, 0.3) is 5.91 Å². The molecule has 5 nitrogen and oxygen atoms in total. The number of nitrogens with one attached hydrogen (secondary N) is 1. The van der Waals surface area contributed by atoms with E-state index in [9.17, 15) is 22.8 Å². The smallest absolute Gasteiger partial charge is 0.310 e.